The average Bonchev–Trinajstić information content (AvgIpc) is 4.07. The maximum Gasteiger partial charge on any atom is 0.315 e. The largest absolute Gasteiger partial charge is 0.457 e. The first-order valence-electron chi connectivity index (χ1n) is 24.5. The number of ether oxygens (including phenoxy) is 1. The van der Waals surface area contributed by atoms with Gasteiger partial charge in [0.25, 0.3) is 0 Å². The van der Waals surface area contributed by atoms with Crippen LogP contribution in [0.1, 0.15) is 173 Å². The van der Waals surface area contributed by atoms with Crippen molar-refractivity contribution in [2.45, 2.75) is 152 Å². The van der Waals surface area contributed by atoms with E-state index in [4.69, 9.17) is 4.74 Å². The lowest BCUT2D eigenvalue weighted by Gasteiger charge is -2.31. The van der Waals surface area contributed by atoms with Crippen molar-refractivity contribution in [1.82, 2.24) is 31.1 Å². The van der Waals surface area contributed by atoms with Gasteiger partial charge in [-0.1, -0.05) is 72.8 Å². The molecule has 4 fully saturated rings. The Morgan fingerprint density at radius 1 is 0.492 bits per heavy atom. The third kappa shape index (κ3) is 9.24. The molecule has 4 aromatic carbocycles. The molecule has 2 unspecified atom stereocenters. The van der Waals surface area contributed by atoms with E-state index in [-0.39, 0.29) is 36.2 Å². The van der Waals surface area contributed by atoms with Crippen LogP contribution < -0.4 is 26.0 Å². The van der Waals surface area contributed by atoms with E-state index in [1.165, 1.54) is 77.3 Å². The van der Waals surface area contributed by atoms with Crippen LogP contribution in [-0.2, 0) is 0 Å². The van der Waals surface area contributed by atoms with Gasteiger partial charge < -0.3 is 26.0 Å². The molecule has 4 heterocycles. The fourth-order valence-electron chi connectivity index (χ4n) is 12.6. The van der Waals surface area contributed by atoms with E-state index in [2.05, 4.69) is 79.6 Å². The van der Waals surface area contributed by atoms with E-state index in [0.717, 1.165) is 60.1 Å². The zero-order valence-electron chi connectivity index (χ0n) is 37.4. The lowest BCUT2D eigenvalue weighted by molar-refractivity contribution is 0.185. The van der Waals surface area contributed by atoms with Crippen molar-refractivity contribution in [2.75, 3.05) is 13.1 Å². The van der Waals surface area contributed by atoms with E-state index in [1.54, 1.807) is 22.3 Å². The first kappa shape index (κ1) is 42.1. The summed E-state index contributed by atoms with van der Waals surface area (Å²) < 4.78 is 6.17. The number of nitrogens with zero attached hydrogens (tertiary/aromatic N) is 2. The number of rotatable bonds is 14. The van der Waals surface area contributed by atoms with Crippen molar-refractivity contribution < 1.29 is 14.3 Å². The number of hydrogen-bond acceptors (Lipinski definition) is 5. The molecule has 332 valence electrons. The number of hydrogen-bond donors (Lipinski definition) is 4. The SMILES string of the molecule is CC(NC(=O)NC1CCC(CCN2[C@@H]3CC[C@H]2c2ccccc23)CC1)c1ccc(Oc2ccc(C(C)NC(=O)NC3CCC(CCN4[C@@H]5CC[C@H]4c4ccccc45)CC3)cc2)cc1. The number of nitrogens with one attached hydrogen (secondary N) is 4. The van der Waals surface area contributed by atoms with Gasteiger partial charge in [0.2, 0.25) is 0 Å². The molecule has 0 radical (unpaired) electrons. The normalized spacial score (nSPS) is 28.2. The quantitative estimate of drug-likeness (QED) is 0.101. The van der Waals surface area contributed by atoms with Crippen molar-refractivity contribution >= 4 is 12.1 Å². The van der Waals surface area contributed by atoms with Crippen LogP contribution in [0.2, 0.25) is 0 Å². The summed E-state index contributed by atoms with van der Waals surface area (Å²) in [5.74, 6) is 2.96. The molecule has 4 bridgehead atoms. The molecule has 6 atom stereocenters. The van der Waals surface area contributed by atoms with Gasteiger partial charge in [0.05, 0.1) is 12.1 Å². The van der Waals surface area contributed by atoms with Gasteiger partial charge in [-0.2, -0.15) is 0 Å². The Balaban J connectivity index is 0.601. The summed E-state index contributed by atoms with van der Waals surface area (Å²) in [4.78, 5) is 31.6. The van der Waals surface area contributed by atoms with E-state index < -0.39 is 0 Å². The second-order valence-corrected chi connectivity index (χ2v) is 19.9. The van der Waals surface area contributed by atoms with Gasteiger partial charge in [-0.05, 0) is 186 Å². The molecule has 2 saturated heterocycles. The molecular weight excluding hydrogens is 781 g/mol. The monoisotopic (exact) mass is 849 g/mol. The molecule has 2 aliphatic carbocycles. The van der Waals surface area contributed by atoms with Crippen molar-refractivity contribution in [3.8, 4) is 11.5 Å². The number of benzene rings is 4. The standard InChI is InChI=1S/C54H68N6O3/c1-35(55-53(61)57-41-19-11-37(12-20-41)31-33-59-49-27-28-50(59)46-8-4-3-7-45(46)49)39-15-23-43(24-16-39)63-44-25-17-40(18-26-44)36(2)56-54(62)58-42-21-13-38(14-22-42)32-34-60-51-29-30-52(60)48-10-6-5-9-47(48)51/h3-10,15-18,23-26,35-38,41-42,49-52H,11-14,19-22,27-34H2,1-2H3,(H2,55,57,61)(H2,56,58,62)/t35?,36?,37?,38?,41?,42?,49-,50+,51-,52+. The van der Waals surface area contributed by atoms with E-state index >= 15 is 0 Å². The Kier molecular flexibility index (Phi) is 12.5. The first-order valence-corrected chi connectivity index (χ1v) is 24.5. The summed E-state index contributed by atoms with van der Waals surface area (Å²) >= 11 is 0. The molecule has 4 amide bonds. The predicted octanol–water partition coefficient (Wildman–Crippen LogP) is 11.9. The number of carbonyl (C=O) groups is 2. The Morgan fingerprint density at radius 3 is 1.16 bits per heavy atom. The maximum atomic E-state index is 13.0. The van der Waals surface area contributed by atoms with E-state index in [1.807, 2.05) is 62.4 Å². The maximum absolute atomic E-state index is 13.0. The summed E-state index contributed by atoms with van der Waals surface area (Å²) in [7, 11) is 0. The van der Waals surface area contributed by atoms with Crippen molar-refractivity contribution in [3.63, 3.8) is 0 Å². The lowest BCUT2D eigenvalue weighted by Crippen LogP contribution is -2.44. The zero-order valence-corrected chi connectivity index (χ0v) is 37.4. The molecule has 6 aliphatic rings. The molecule has 0 spiro atoms. The van der Waals surface area contributed by atoms with Crippen molar-refractivity contribution in [3.05, 3.63) is 130 Å². The van der Waals surface area contributed by atoms with Gasteiger partial charge in [-0.25, -0.2) is 9.59 Å². The number of urea groups is 2. The molecule has 9 heteroatoms. The highest BCUT2D eigenvalue weighted by atomic mass is 16.5. The Hall–Kier alpha value is -4.86. The van der Waals surface area contributed by atoms with Gasteiger partial charge in [0.1, 0.15) is 11.5 Å². The minimum absolute atomic E-state index is 0.0942. The molecule has 2 saturated carbocycles. The predicted molar refractivity (Wildman–Crippen MR) is 250 cm³/mol. The van der Waals surface area contributed by atoms with Gasteiger partial charge in [0.15, 0.2) is 0 Å². The smallest absolute Gasteiger partial charge is 0.315 e. The summed E-state index contributed by atoms with van der Waals surface area (Å²) in [6.07, 6.45) is 16.7. The third-order valence-electron chi connectivity index (χ3n) is 16.1. The van der Waals surface area contributed by atoms with Gasteiger partial charge in [0, 0.05) is 36.3 Å². The highest BCUT2D eigenvalue weighted by molar-refractivity contribution is 5.75. The van der Waals surface area contributed by atoms with Gasteiger partial charge in [-0.3, -0.25) is 9.80 Å². The Bertz CT molecular complexity index is 1980. The lowest BCUT2D eigenvalue weighted by atomic mass is 9.84. The highest BCUT2D eigenvalue weighted by Crippen LogP contribution is 2.54. The van der Waals surface area contributed by atoms with Crippen LogP contribution in [0, 0.1) is 11.8 Å². The van der Waals surface area contributed by atoms with Crippen LogP contribution in [0.25, 0.3) is 0 Å². The van der Waals surface area contributed by atoms with Crippen LogP contribution in [0.4, 0.5) is 9.59 Å². The molecule has 0 aromatic heterocycles. The fourth-order valence-corrected chi connectivity index (χ4v) is 12.6. The molecular formula is C54H68N6O3. The Labute approximate surface area is 375 Å². The molecule has 63 heavy (non-hydrogen) atoms. The molecule has 4 N–H and O–H groups in total. The summed E-state index contributed by atoms with van der Waals surface area (Å²) in [5.41, 5.74) is 8.32. The third-order valence-corrected chi connectivity index (χ3v) is 16.1. The molecule has 4 aliphatic heterocycles. The van der Waals surface area contributed by atoms with E-state index in [0.29, 0.717) is 24.2 Å². The molecule has 4 aromatic rings. The number of fused-ring (bicyclic) bond motifs is 10. The molecule has 9 nitrogen and oxygen atoms in total. The van der Waals surface area contributed by atoms with Crippen molar-refractivity contribution in [2.24, 2.45) is 11.8 Å². The highest BCUT2D eigenvalue weighted by Gasteiger charge is 2.44. The van der Waals surface area contributed by atoms with Crippen LogP contribution in [-0.4, -0.2) is 47.0 Å². The fraction of sp³-hybridized carbons (Fsp3) is 0.519. The number of carbonyl (C=O) groups excluding carboxylic acids is 2. The van der Waals surface area contributed by atoms with Gasteiger partial charge >= 0.3 is 12.1 Å². The minimum atomic E-state index is -0.130. The van der Waals surface area contributed by atoms with Crippen LogP contribution in [0.15, 0.2) is 97.1 Å². The summed E-state index contributed by atoms with van der Waals surface area (Å²) in [5, 5.41) is 12.8. The zero-order chi connectivity index (χ0) is 42.9. The van der Waals surface area contributed by atoms with E-state index in [9.17, 15) is 9.59 Å². The average molecular weight is 849 g/mol. The second kappa shape index (κ2) is 18.7. The van der Waals surface area contributed by atoms with Crippen LogP contribution in [0.3, 0.4) is 0 Å². The van der Waals surface area contributed by atoms with Gasteiger partial charge in [-0.15, -0.1) is 0 Å². The first-order chi connectivity index (χ1) is 30.8. The summed E-state index contributed by atoms with van der Waals surface area (Å²) in [6.45, 7) is 6.43. The second-order valence-electron chi connectivity index (χ2n) is 19.9. The molecule has 10 rings (SSSR count). The summed E-state index contributed by atoms with van der Waals surface area (Å²) in [6, 6.07) is 36.5. The minimum Gasteiger partial charge on any atom is -0.457 e. The van der Waals surface area contributed by atoms with Crippen molar-refractivity contribution in [1.29, 1.82) is 0 Å². The topological polar surface area (TPSA) is 98.0 Å². The Morgan fingerprint density at radius 2 is 0.825 bits per heavy atom. The van der Waals surface area contributed by atoms with Crippen LogP contribution in [0.5, 0.6) is 11.5 Å². The number of amides is 4. The van der Waals surface area contributed by atoms with Crippen LogP contribution >= 0.6 is 0 Å².